The number of amides is 1. The zero-order valence-electron chi connectivity index (χ0n) is 14.0. The quantitative estimate of drug-likeness (QED) is 0.854. The average Bonchev–Trinajstić information content (AvgIpc) is 2.82. The Hall–Kier alpha value is -2.51. The van der Waals surface area contributed by atoms with Crippen LogP contribution in [0.3, 0.4) is 0 Å². The van der Waals surface area contributed by atoms with Crippen LogP contribution in [0, 0.1) is 19.7 Å². The van der Waals surface area contributed by atoms with Gasteiger partial charge in [0.25, 0.3) is 5.91 Å². The van der Waals surface area contributed by atoms with E-state index in [9.17, 15) is 9.18 Å². The molecular formula is C16H20FN5O2. The summed E-state index contributed by atoms with van der Waals surface area (Å²) in [7, 11) is 1.83. The van der Waals surface area contributed by atoms with Crippen LogP contribution in [0.2, 0.25) is 0 Å². The van der Waals surface area contributed by atoms with Crippen molar-refractivity contribution in [3.05, 3.63) is 35.2 Å². The Morgan fingerprint density at radius 1 is 1.33 bits per heavy atom. The maximum atomic E-state index is 12.9. The summed E-state index contributed by atoms with van der Waals surface area (Å²) in [6, 6.07) is 0.129. The molecule has 8 heteroatoms. The van der Waals surface area contributed by atoms with E-state index in [2.05, 4.69) is 15.1 Å². The third-order valence-corrected chi connectivity index (χ3v) is 4.26. The summed E-state index contributed by atoms with van der Waals surface area (Å²) in [6.07, 6.45) is 3.56. The molecule has 0 radical (unpaired) electrons. The van der Waals surface area contributed by atoms with Gasteiger partial charge in [0, 0.05) is 19.3 Å². The van der Waals surface area contributed by atoms with Crippen LogP contribution >= 0.6 is 0 Å². The molecule has 2 aromatic rings. The predicted molar refractivity (Wildman–Crippen MR) is 84.2 cm³/mol. The highest BCUT2D eigenvalue weighted by atomic mass is 19.1. The molecule has 0 spiro atoms. The Bertz CT molecular complexity index is 744. The number of aromatic nitrogens is 4. The van der Waals surface area contributed by atoms with Crippen LogP contribution in [0.5, 0.6) is 6.01 Å². The molecule has 24 heavy (non-hydrogen) atoms. The van der Waals surface area contributed by atoms with E-state index in [1.165, 1.54) is 0 Å². The van der Waals surface area contributed by atoms with Crippen molar-refractivity contribution in [2.75, 3.05) is 13.1 Å². The van der Waals surface area contributed by atoms with Crippen molar-refractivity contribution in [2.24, 2.45) is 7.05 Å². The molecule has 3 rings (SSSR count). The predicted octanol–water partition coefficient (Wildman–Crippen LogP) is 1.65. The van der Waals surface area contributed by atoms with Gasteiger partial charge >= 0.3 is 6.01 Å². The number of rotatable bonds is 3. The maximum absolute atomic E-state index is 12.9. The number of halogens is 1. The fourth-order valence-electron chi connectivity index (χ4n) is 2.97. The van der Waals surface area contributed by atoms with Crippen molar-refractivity contribution in [2.45, 2.75) is 32.8 Å². The fourth-order valence-corrected chi connectivity index (χ4v) is 2.97. The Kier molecular flexibility index (Phi) is 4.46. The van der Waals surface area contributed by atoms with Crippen LogP contribution < -0.4 is 4.74 Å². The molecule has 1 fully saturated rings. The van der Waals surface area contributed by atoms with Crippen LogP contribution in [-0.2, 0) is 7.05 Å². The Morgan fingerprint density at radius 2 is 2.04 bits per heavy atom. The minimum absolute atomic E-state index is 0.0357. The summed E-state index contributed by atoms with van der Waals surface area (Å²) in [5, 5.41) is 4.30. The lowest BCUT2D eigenvalue weighted by Gasteiger charge is -2.32. The van der Waals surface area contributed by atoms with Crippen LogP contribution in [0.25, 0.3) is 0 Å². The molecule has 0 saturated carbocycles. The highest BCUT2D eigenvalue weighted by molar-refractivity contribution is 5.96. The molecule has 0 aromatic carbocycles. The van der Waals surface area contributed by atoms with E-state index in [0.717, 1.165) is 36.6 Å². The summed E-state index contributed by atoms with van der Waals surface area (Å²) in [5.74, 6) is -0.545. The monoisotopic (exact) mass is 333 g/mol. The fraction of sp³-hybridized carbons (Fsp3) is 0.500. The van der Waals surface area contributed by atoms with Gasteiger partial charge in [0.15, 0.2) is 5.82 Å². The van der Waals surface area contributed by atoms with Gasteiger partial charge in [0.05, 0.1) is 30.2 Å². The van der Waals surface area contributed by atoms with Crippen molar-refractivity contribution in [3.8, 4) is 6.01 Å². The van der Waals surface area contributed by atoms with Crippen molar-refractivity contribution in [3.63, 3.8) is 0 Å². The molecule has 0 unspecified atom stereocenters. The van der Waals surface area contributed by atoms with Gasteiger partial charge in [-0.1, -0.05) is 0 Å². The molecule has 3 heterocycles. The maximum Gasteiger partial charge on any atom is 0.316 e. The molecule has 128 valence electrons. The van der Waals surface area contributed by atoms with Gasteiger partial charge in [0.2, 0.25) is 0 Å². The SMILES string of the molecule is Cc1nn(C)c(C)c1C(=O)N1CCC[C@H](Oc2ncc(F)cn2)C1. The molecule has 0 aliphatic carbocycles. The molecule has 7 nitrogen and oxygen atoms in total. The highest BCUT2D eigenvalue weighted by Crippen LogP contribution is 2.20. The van der Waals surface area contributed by atoms with Crippen molar-refractivity contribution in [1.82, 2.24) is 24.6 Å². The zero-order valence-corrected chi connectivity index (χ0v) is 14.0. The highest BCUT2D eigenvalue weighted by Gasteiger charge is 2.29. The van der Waals surface area contributed by atoms with Gasteiger partial charge in [-0.2, -0.15) is 5.10 Å². The standard InChI is InChI=1S/C16H20FN5O2/c1-10-14(11(2)21(3)20-10)15(23)22-6-4-5-13(9-22)24-16-18-7-12(17)8-19-16/h7-8,13H,4-6,9H2,1-3H3/t13-/m0/s1. The molecule has 1 saturated heterocycles. The molecule has 2 aromatic heterocycles. The van der Waals surface area contributed by atoms with Crippen LogP contribution in [0.4, 0.5) is 4.39 Å². The Balaban J connectivity index is 1.71. The first-order valence-electron chi connectivity index (χ1n) is 7.89. The summed E-state index contributed by atoms with van der Waals surface area (Å²) >= 11 is 0. The van der Waals surface area contributed by atoms with Crippen molar-refractivity contribution >= 4 is 5.91 Å². The third kappa shape index (κ3) is 3.22. The zero-order chi connectivity index (χ0) is 17.3. The minimum atomic E-state index is -0.509. The second-order valence-electron chi connectivity index (χ2n) is 5.99. The lowest BCUT2D eigenvalue weighted by atomic mass is 10.1. The molecule has 1 atom stereocenters. The Morgan fingerprint density at radius 3 is 2.67 bits per heavy atom. The molecular weight excluding hydrogens is 313 g/mol. The number of hydrogen-bond donors (Lipinski definition) is 0. The van der Waals surface area contributed by atoms with Crippen LogP contribution in [-0.4, -0.2) is 49.7 Å². The number of ether oxygens (including phenoxy) is 1. The third-order valence-electron chi connectivity index (χ3n) is 4.26. The normalized spacial score (nSPS) is 17.8. The van der Waals surface area contributed by atoms with Gasteiger partial charge in [-0.05, 0) is 26.7 Å². The van der Waals surface area contributed by atoms with E-state index < -0.39 is 5.82 Å². The summed E-state index contributed by atoms with van der Waals surface area (Å²) < 4.78 is 20.3. The van der Waals surface area contributed by atoms with Gasteiger partial charge in [-0.25, -0.2) is 14.4 Å². The lowest BCUT2D eigenvalue weighted by Crippen LogP contribution is -2.44. The van der Waals surface area contributed by atoms with E-state index in [4.69, 9.17) is 4.74 Å². The van der Waals surface area contributed by atoms with Gasteiger partial charge in [-0.3, -0.25) is 9.48 Å². The first-order valence-corrected chi connectivity index (χ1v) is 7.89. The number of aryl methyl sites for hydroxylation is 2. The number of likely N-dealkylation sites (tertiary alicyclic amines) is 1. The van der Waals surface area contributed by atoms with Gasteiger partial charge < -0.3 is 9.64 Å². The second kappa shape index (κ2) is 6.54. The smallest absolute Gasteiger partial charge is 0.316 e. The molecule has 0 N–H and O–H groups in total. The van der Waals surface area contributed by atoms with E-state index in [-0.39, 0.29) is 18.0 Å². The van der Waals surface area contributed by atoms with Crippen LogP contribution in [0.15, 0.2) is 12.4 Å². The van der Waals surface area contributed by atoms with Crippen molar-refractivity contribution in [1.29, 1.82) is 0 Å². The molecule has 1 aliphatic rings. The van der Waals surface area contributed by atoms with Crippen LogP contribution in [0.1, 0.15) is 34.6 Å². The van der Waals surface area contributed by atoms with E-state index in [1.807, 2.05) is 20.9 Å². The largest absolute Gasteiger partial charge is 0.458 e. The molecule has 1 amide bonds. The van der Waals surface area contributed by atoms with E-state index in [1.54, 1.807) is 9.58 Å². The van der Waals surface area contributed by atoms with E-state index >= 15 is 0 Å². The summed E-state index contributed by atoms with van der Waals surface area (Å²) in [6.45, 7) is 4.85. The molecule has 0 bridgehead atoms. The first kappa shape index (κ1) is 16.4. The average molecular weight is 333 g/mol. The topological polar surface area (TPSA) is 73.1 Å². The first-order chi connectivity index (χ1) is 11.5. The minimum Gasteiger partial charge on any atom is -0.458 e. The number of carbonyl (C=O) groups excluding carboxylic acids is 1. The summed E-state index contributed by atoms with van der Waals surface area (Å²) in [4.78, 5) is 22.2. The number of nitrogens with zero attached hydrogens (tertiary/aromatic N) is 5. The lowest BCUT2D eigenvalue weighted by molar-refractivity contribution is 0.0514. The second-order valence-corrected chi connectivity index (χ2v) is 5.99. The Labute approximate surface area is 139 Å². The summed E-state index contributed by atoms with van der Waals surface area (Å²) in [5.41, 5.74) is 2.23. The number of hydrogen-bond acceptors (Lipinski definition) is 5. The number of piperidine rings is 1. The van der Waals surface area contributed by atoms with Crippen molar-refractivity contribution < 1.29 is 13.9 Å². The molecule has 1 aliphatic heterocycles. The van der Waals surface area contributed by atoms with E-state index in [0.29, 0.717) is 18.7 Å². The number of carbonyl (C=O) groups is 1. The van der Waals surface area contributed by atoms with Gasteiger partial charge in [-0.15, -0.1) is 0 Å². The van der Waals surface area contributed by atoms with Gasteiger partial charge in [0.1, 0.15) is 6.10 Å².